The lowest BCUT2D eigenvalue weighted by atomic mass is 10.2. The molecule has 0 radical (unpaired) electrons. The Bertz CT molecular complexity index is 576. The van der Waals surface area contributed by atoms with Gasteiger partial charge < -0.3 is 11.1 Å². The Kier molecular flexibility index (Phi) is 3.27. The van der Waals surface area contributed by atoms with Crippen LogP contribution in [-0.4, -0.2) is 20.7 Å². The van der Waals surface area contributed by atoms with Crippen molar-refractivity contribution in [3.63, 3.8) is 0 Å². The molecule has 0 aliphatic heterocycles. The lowest BCUT2D eigenvalue weighted by Gasteiger charge is -2.05. The van der Waals surface area contributed by atoms with Crippen LogP contribution in [0.1, 0.15) is 21.7 Å². The number of hydrogen-bond acceptors (Lipinski definition) is 4. The number of carbonyl (C=O) groups is 1. The van der Waals surface area contributed by atoms with Gasteiger partial charge in [-0.3, -0.25) is 9.48 Å². The van der Waals surface area contributed by atoms with Crippen LogP contribution in [0, 0.1) is 6.92 Å². The van der Waals surface area contributed by atoms with Crippen molar-refractivity contribution in [1.29, 1.82) is 0 Å². The SMILES string of the molecule is Cc1nn(C)cc1CNC(=O)c1ncccc1N. The molecular weight excluding hydrogens is 230 g/mol. The summed E-state index contributed by atoms with van der Waals surface area (Å²) in [5, 5.41) is 6.98. The van der Waals surface area contributed by atoms with Crippen LogP contribution >= 0.6 is 0 Å². The van der Waals surface area contributed by atoms with E-state index < -0.39 is 0 Å². The Morgan fingerprint density at radius 3 is 2.94 bits per heavy atom. The Labute approximate surface area is 105 Å². The number of carbonyl (C=O) groups excluding carboxylic acids is 1. The number of hydrogen-bond donors (Lipinski definition) is 2. The fourth-order valence-corrected chi connectivity index (χ4v) is 1.69. The van der Waals surface area contributed by atoms with E-state index in [1.54, 1.807) is 23.0 Å². The minimum absolute atomic E-state index is 0.249. The molecule has 0 saturated heterocycles. The van der Waals surface area contributed by atoms with E-state index in [-0.39, 0.29) is 11.6 Å². The second kappa shape index (κ2) is 4.87. The normalized spacial score (nSPS) is 10.3. The quantitative estimate of drug-likeness (QED) is 0.830. The fourth-order valence-electron chi connectivity index (χ4n) is 1.69. The molecule has 2 heterocycles. The zero-order chi connectivity index (χ0) is 13.1. The number of nitrogens with two attached hydrogens (primary N) is 1. The highest BCUT2D eigenvalue weighted by atomic mass is 16.1. The van der Waals surface area contributed by atoms with Crippen molar-refractivity contribution in [2.75, 3.05) is 5.73 Å². The molecule has 0 aromatic carbocycles. The summed E-state index contributed by atoms with van der Waals surface area (Å²) in [4.78, 5) is 15.8. The van der Waals surface area contributed by atoms with Crippen LogP contribution in [-0.2, 0) is 13.6 Å². The molecule has 0 saturated carbocycles. The molecule has 18 heavy (non-hydrogen) atoms. The molecule has 3 N–H and O–H groups in total. The zero-order valence-corrected chi connectivity index (χ0v) is 10.3. The highest BCUT2D eigenvalue weighted by molar-refractivity contribution is 5.96. The number of amides is 1. The summed E-state index contributed by atoms with van der Waals surface area (Å²) < 4.78 is 1.71. The highest BCUT2D eigenvalue weighted by Gasteiger charge is 2.11. The van der Waals surface area contributed by atoms with Crippen LogP contribution in [0.2, 0.25) is 0 Å². The monoisotopic (exact) mass is 245 g/mol. The molecule has 0 atom stereocenters. The Morgan fingerprint density at radius 1 is 1.56 bits per heavy atom. The first-order chi connectivity index (χ1) is 8.58. The second-order valence-electron chi connectivity index (χ2n) is 4.04. The van der Waals surface area contributed by atoms with Gasteiger partial charge in [0.25, 0.3) is 5.91 Å². The largest absolute Gasteiger partial charge is 0.397 e. The summed E-state index contributed by atoms with van der Waals surface area (Å²) in [5.74, 6) is -0.281. The molecule has 0 bridgehead atoms. The van der Waals surface area contributed by atoms with Crippen molar-refractivity contribution in [1.82, 2.24) is 20.1 Å². The van der Waals surface area contributed by atoms with Gasteiger partial charge in [-0.2, -0.15) is 5.10 Å². The molecule has 2 rings (SSSR count). The molecule has 0 fully saturated rings. The Balaban J connectivity index is 2.05. The fraction of sp³-hybridized carbons (Fsp3) is 0.250. The number of aromatic nitrogens is 3. The van der Waals surface area contributed by atoms with E-state index in [2.05, 4.69) is 15.4 Å². The topological polar surface area (TPSA) is 85.8 Å². The molecule has 0 spiro atoms. The summed E-state index contributed by atoms with van der Waals surface area (Å²) in [5.41, 5.74) is 8.17. The second-order valence-corrected chi connectivity index (χ2v) is 4.04. The van der Waals surface area contributed by atoms with E-state index in [4.69, 9.17) is 5.73 Å². The molecule has 1 amide bonds. The maximum Gasteiger partial charge on any atom is 0.272 e. The van der Waals surface area contributed by atoms with Gasteiger partial charge in [-0.05, 0) is 19.1 Å². The molecule has 2 aromatic heterocycles. The molecule has 2 aromatic rings. The molecule has 94 valence electrons. The van der Waals surface area contributed by atoms with Crippen molar-refractivity contribution in [3.8, 4) is 0 Å². The molecule has 0 unspecified atom stereocenters. The predicted molar refractivity (Wildman–Crippen MR) is 67.8 cm³/mol. The summed E-state index contributed by atoms with van der Waals surface area (Å²) in [6.45, 7) is 2.31. The van der Waals surface area contributed by atoms with Gasteiger partial charge >= 0.3 is 0 Å². The van der Waals surface area contributed by atoms with Crippen LogP contribution < -0.4 is 11.1 Å². The zero-order valence-electron chi connectivity index (χ0n) is 10.3. The van der Waals surface area contributed by atoms with Crippen LogP contribution in [0.25, 0.3) is 0 Å². The first kappa shape index (κ1) is 12.1. The van der Waals surface area contributed by atoms with E-state index >= 15 is 0 Å². The van der Waals surface area contributed by atoms with Gasteiger partial charge in [-0.25, -0.2) is 4.98 Å². The third-order valence-corrected chi connectivity index (χ3v) is 2.61. The third-order valence-electron chi connectivity index (χ3n) is 2.61. The summed E-state index contributed by atoms with van der Waals surface area (Å²) in [7, 11) is 1.84. The Morgan fingerprint density at radius 2 is 2.33 bits per heavy atom. The maximum absolute atomic E-state index is 11.9. The average Bonchev–Trinajstić information content (AvgIpc) is 2.65. The van der Waals surface area contributed by atoms with E-state index in [0.29, 0.717) is 12.2 Å². The smallest absolute Gasteiger partial charge is 0.272 e. The lowest BCUT2D eigenvalue weighted by Crippen LogP contribution is -2.25. The first-order valence-corrected chi connectivity index (χ1v) is 5.55. The molecule has 6 nitrogen and oxygen atoms in total. The lowest BCUT2D eigenvalue weighted by molar-refractivity contribution is 0.0947. The van der Waals surface area contributed by atoms with Gasteiger partial charge in [0.2, 0.25) is 0 Å². The van der Waals surface area contributed by atoms with Gasteiger partial charge in [-0.15, -0.1) is 0 Å². The number of anilines is 1. The van der Waals surface area contributed by atoms with Gasteiger partial charge in [-0.1, -0.05) is 0 Å². The number of pyridine rings is 1. The van der Waals surface area contributed by atoms with E-state index in [9.17, 15) is 4.79 Å². The van der Waals surface area contributed by atoms with E-state index in [0.717, 1.165) is 11.3 Å². The highest BCUT2D eigenvalue weighted by Crippen LogP contribution is 2.08. The minimum Gasteiger partial charge on any atom is -0.397 e. The first-order valence-electron chi connectivity index (χ1n) is 5.55. The predicted octanol–water partition coefficient (Wildman–Crippen LogP) is 0.636. The van der Waals surface area contributed by atoms with Gasteiger partial charge in [0.1, 0.15) is 0 Å². The van der Waals surface area contributed by atoms with Crippen LogP contribution in [0.3, 0.4) is 0 Å². The van der Waals surface area contributed by atoms with Crippen molar-refractivity contribution >= 4 is 11.6 Å². The molecule has 6 heteroatoms. The van der Waals surface area contributed by atoms with Crippen molar-refractivity contribution in [2.24, 2.45) is 7.05 Å². The summed E-state index contributed by atoms with van der Waals surface area (Å²) >= 11 is 0. The maximum atomic E-state index is 11.9. The molecule has 0 aliphatic rings. The Hall–Kier alpha value is -2.37. The number of nitrogens with one attached hydrogen (secondary N) is 1. The van der Waals surface area contributed by atoms with Crippen molar-refractivity contribution in [3.05, 3.63) is 41.5 Å². The number of rotatable bonds is 3. The van der Waals surface area contributed by atoms with Gasteiger partial charge in [0, 0.05) is 31.5 Å². The van der Waals surface area contributed by atoms with Crippen LogP contribution in [0.5, 0.6) is 0 Å². The number of aryl methyl sites for hydroxylation is 2. The van der Waals surface area contributed by atoms with Crippen molar-refractivity contribution < 1.29 is 4.79 Å². The minimum atomic E-state index is -0.281. The standard InChI is InChI=1S/C12H15N5O/c1-8-9(7-17(2)16-8)6-15-12(18)11-10(13)4-3-5-14-11/h3-5,7H,6,13H2,1-2H3,(H,15,18). The molecule has 0 aliphatic carbocycles. The van der Waals surface area contributed by atoms with Crippen molar-refractivity contribution in [2.45, 2.75) is 13.5 Å². The van der Waals surface area contributed by atoms with Crippen LogP contribution in [0.4, 0.5) is 5.69 Å². The number of nitrogens with zero attached hydrogens (tertiary/aromatic N) is 3. The third kappa shape index (κ3) is 2.48. The average molecular weight is 245 g/mol. The number of nitrogen functional groups attached to an aromatic ring is 1. The van der Waals surface area contributed by atoms with E-state index in [1.165, 1.54) is 0 Å². The summed E-state index contributed by atoms with van der Waals surface area (Å²) in [6, 6.07) is 3.34. The molecular formula is C12H15N5O. The van der Waals surface area contributed by atoms with Crippen LogP contribution in [0.15, 0.2) is 24.5 Å². The van der Waals surface area contributed by atoms with Gasteiger partial charge in [0.15, 0.2) is 5.69 Å². The van der Waals surface area contributed by atoms with E-state index in [1.807, 2.05) is 20.2 Å². The van der Waals surface area contributed by atoms with Gasteiger partial charge in [0.05, 0.1) is 11.4 Å². The summed E-state index contributed by atoms with van der Waals surface area (Å²) in [6.07, 6.45) is 3.41.